The minimum absolute atomic E-state index is 0.555. The van der Waals surface area contributed by atoms with Crippen molar-refractivity contribution in [3.63, 3.8) is 0 Å². The van der Waals surface area contributed by atoms with Gasteiger partial charge in [0.1, 0.15) is 5.75 Å². The zero-order valence-electron chi connectivity index (χ0n) is 9.55. The highest BCUT2D eigenvalue weighted by Crippen LogP contribution is 2.27. The Morgan fingerprint density at radius 2 is 2.27 bits per heavy atom. The number of rotatable bonds is 3. The second-order valence-corrected chi connectivity index (χ2v) is 4.53. The molecule has 1 nitrogen and oxygen atoms in total. The number of hydrogen-bond acceptors (Lipinski definition) is 1. The molecule has 0 bridgehead atoms. The monoisotopic (exact) mass is 202 g/mol. The lowest BCUT2D eigenvalue weighted by Crippen LogP contribution is -1.97. The van der Waals surface area contributed by atoms with Gasteiger partial charge >= 0.3 is 0 Å². The van der Waals surface area contributed by atoms with Gasteiger partial charge < -0.3 is 4.74 Å². The fraction of sp³-hybridized carbons (Fsp3) is 0.429. The van der Waals surface area contributed by atoms with Crippen molar-refractivity contribution >= 4 is 0 Å². The Morgan fingerprint density at radius 1 is 1.47 bits per heavy atom. The summed E-state index contributed by atoms with van der Waals surface area (Å²) >= 11 is 0. The van der Waals surface area contributed by atoms with E-state index in [0.717, 1.165) is 25.2 Å². The normalized spacial score (nSPS) is 13.8. The topological polar surface area (TPSA) is 9.23 Å². The molecule has 0 radical (unpaired) electrons. The molecule has 1 heteroatoms. The lowest BCUT2D eigenvalue weighted by Gasteiger charge is -2.10. The van der Waals surface area contributed by atoms with Gasteiger partial charge in [0.15, 0.2) is 0 Å². The predicted octanol–water partition coefficient (Wildman–Crippen LogP) is 3.38. The van der Waals surface area contributed by atoms with Crippen molar-refractivity contribution < 1.29 is 4.74 Å². The second kappa shape index (κ2) is 4.09. The van der Waals surface area contributed by atoms with Gasteiger partial charge in [0.2, 0.25) is 0 Å². The molecule has 2 rings (SSSR count). The molecule has 0 N–H and O–H groups in total. The van der Waals surface area contributed by atoms with E-state index in [0.29, 0.717) is 5.92 Å². The van der Waals surface area contributed by atoms with Crippen LogP contribution in [-0.2, 0) is 12.8 Å². The van der Waals surface area contributed by atoms with Crippen molar-refractivity contribution in [3.05, 3.63) is 41.5 Å². The average molecular weight is 202 g/mol. The van der Waals surface area contributed by atoms with E-state index < -0.39 is 0 Å². The molecule has 0 aliphatic carbocycles. The molecule has 1 aromatic carbocycles. The maximum atomic E-state index is 5.55. The van der Waals surface area contributed by atoms with Gasteiger partial charge in [0.05, 0.1) is 6.61 Å². The number of allylic oxidation sites excluding steroid dienone is 1. The van der Waals surface area contributed by atoms with Crippen molar-refractivity contribution in [2.75, 3.05) is 6.61 Å². The van der Waals surface area contributed by atoms with Gasteiger partial charge in [-0.05, 0) is 29.5 Å². The summed E-state index contributed by atoms with van der Waals surface area (Å²) in [5.74, 6) is 1.63. The molecule has 15 heavy (non-hydrogen) atoms. The molecule has 1 aliphatic rings. The Balaban J connectivity index is 2.13. The second-order valence-electron chi connectivity index (χ2n) is 4.53. The fourth-order valence-corrected chi connectivity index (χ4v) is 1.79. The van der Waals surface area contributed by atoms with E-state index in [-0.39, 0.29) is 0 Å². The average Bonchev–Trinajstić information content (AvgIpc) is 2.64. The van der Waals surface area contributed by atoms with Crippen molar-refractivity contribution in [2.24, 2.45) is 5.92 Å². The van der Waals surface area contributed by atoms with Crippen LogP contribution in [0.15, 0.2) is 30.4 Å². The molecule has 1 aromatic rings. The molecule has 0 amide bonds. The molecule has 0 saturated heterocycles. The van der Waals surface area contributed by atoms with Crippen LogP contribution in [0.1, 0.15) is 25.0 Å². The third-order valence-corrected chi connectivity index (χ3v) is 3.01. The molecule has 80 valence electrons. The van der Waals surface area contributed by atoms with E-state index in [1.807, 2.05) is 0 Å². The molecule has 0 unspecified atom stereocenters. The van der Waals surface area contributed by atoms with Crippen molar-refractivity contribution in [3.8, 4) is 5.75 Å². The maximum absolute atomic E-state index is 5.55. The molecule has 0 saturated carbocycles. The van der Waals surface area contributed by atoms with Gasteiger partial charge in [0.25, 0.3) is 0 Å². The smallest absolute Gasteiger partial charge is 0.122 e. The summed E-state index contributed by atoms with van der Waals surface area (Å²) < 4.78 is 5.55. The zero-order chi connectivity index (χ0) is 10.8. The Kier molecular flexibility index (Phi) is 2.81. The van der Waals surface area contributed by atoms with Gasteiger partial charge in [-0.25, -0.2) is 0 Å². The molecule has 0 spiro atoms. The highest BCUT2D eigenvalue weighted by molar-refractivity contribution is 5.41. The highest BCUT2D eigenvalue weighted by atomic mass is 16.5. The van der Waals surface area contributed by atoms with Gasteiger partial charge in [-0.15, -0.1) is 0 Å². The van der Waals surface area contributed by atoms with E-state index >= 15 is 0 Å². The first-order valence-corrected chi connectivity index (χ1v) is 5.59. The first-order valence-electron chi connectivity index (χ1n) is 5.59. The summed E-state index contributed by atoms with van der Waals surface area (Å²) in [5, 5.41) is 0. The summed E-state index contributed by atoms with van der Waals surface area (Å²) in [6.07, 6.45) is 2.02. The largest absolute Gasteiger partial charge is 0.493 e. The lowest BCUT2D eigenvalue weighted by molar-refractivity contribution is 0.356. The van der Waals surface area contributed by atoms with Gasteiger partial charge in [-0.1, -0.05) is 38.1 Å². The van der Waals surface area contributed by atoms with E-state index in [2.05, 4.69) is 38.6 Å². The summed E-state index contributed by atoms with van der Waals surface area (Å²) in [4.78, 5) is 0. The quantitative estimate of drug-likeness (QED) is 0.683. The summed E-state index contributed by atoms with van der Waals surface area (Å²) in [6.45, 7) is 9.31. The molecule has 1 aliphatic heterocycles. The van der Waals surface area contributed by atoms with Crippen LogP contribution in [0.25, 0.3) is 0 Å². The summed E-state index contributed by atoms with van der Waals surface area (Å²) in [6, 6.07) is 6.54. The van der Waals surface area contributed by atoms with Crippen molar-refractivity contribution in [1.29, 1.82) is 0 Å². The van der Waals surface area contributed by atoms with Gasteiger partial charge in [0, 0.05) is 6.42 Å². The molecule has 0 fully saturated rings. The SMILES string of the molecule is C=C(Cc1ccc2c(c1)OCC2)C(C)C. The Morgan fingerprint density at radius 3 is 3.00 bits per heavy atom. The zero-order valence-corrected chi connectivity index (χ0v) is 9.55. The maximum Gasteiger partial charge on any atom is 0.122 e. The van der Waals surface area contributed by atoms with E-state index in [9.17, 15) is 0 Å². The Labute approximate surface area is 91.8 Å². The number of benzene rings is 1. The summed E-state index contributed by atoms with van der Waals surface area (Å²) in [7, 11) is 0. The first kappa shape index (κ1) is 10.3. The van der Waals surface area contributed by atoms with Crippen LogP contribution < -0.4 is 4.74 Å². The fourth-order valence-electron chi connectivity index (χ4n) is 1.79. The van der Waals surface area contributed by atoms with Gasteiger partial charge in [-0.2, -0.15) is 0 Å². The minimum Gasteiger partial charge on any atom is -0.493 e. The van der Waals surface area contributed by atoms with Crippen LogP contribution in [0, 0.1) is 5.92 Å². The number of ether oxygens (including phenoxy) is 1. The lowest BCUT2D eigenvalue weighted by atomic mass is 9.96. The van der Waals surface area contributed by atoms with Crippen LogP contribution in [-0.4, -0.2) is 6.61 Å². The molecular weight excluding hydrogens is 184 g/mol. The predicted molar refractivity (Wildman–Crippen MR) is 63.3 cm³/mol. The standard InChI is InChI=1S/C14H18O/c1-10(2)11(3)8-12-4-5-13-6-7-15-14(13)9-12/h4-5,9-10H,3,6-8H2,1-2H3. The third-order valence-electron chi connectivity index (χ3n) is 3.01. The number of hydrogen-bond donors (Lipinski definition) is 0. The minimum atomic E-state index is 0.555. The van der Waals surface area contributed by atoms with E-state index in [1.165, 1.54) is 16.7 Å². The summed E-state index contributed by atoms with van der Waals surface area (Å²) in [5.41, 5.74) is 3.94. The molecule has 0 atom stereocenters. The van der Waals surface area contributed by atoms with Crippen LogP contribution in [0.5, 0.6) is 5.75 Å². The van der Waals surface area contributed by atoms with Crippen LogP contribution in [0.3, 0.4) is 0 Å². The van der Waals surface area contributed by atoms with Gasteiger partial charge in [-0.3, -0.25) is 0 Å². The Hall–Kier alpha value is -1.24. The van der Waals surface area contributed by atoms with Crippen LogP contribution in [0.4, 0.5) is 0 Å². The molecule has 1 heterocycles. The first-order chi connectivity index (χ1) is 7.16. The Bertz CT molecular complexity index is 377. The number of fused-ring (bicyclic) bond motifs is 1. The third kappa shape index (κ3) is 2.23. The highest BCUT2D eigenvalue weighted by Gasteiger charge is 2.12. The van der Waals surface area contributed by atoms with E-state index in [4.69, 9.17) is 4.74 Å². The molecular formula is C14H18O. The van der Waals surface area contributed by atoms with Crippen molar-refractivity contribution in [2.45, 2.75) is 26.7 Å². The molecule has 0 aromatic heterocycles. The van der Waals surface area contributed by atoms with E-state index in [1.54, 1.807) is 0 Å². The van der Waals surface area contributed by atoms with Crippen LogP contribution in [0.2, 0.25) is 0 Å². The van der Waals surface area contributed by atoms with Crippen molar-refractivity contribution in [1.82, 2.24) is 0 Å². The van der Waals surface area contributed by atoms with Crippen LogP contribution >= 0.6 is 0 Å².